The number of hydrogen-bond donors (Lipinski definition) is 1. The Morgan fingerprint density at radius 3 is 2.90 bits per heavy atom. The van der Waals surface area contributed by atoms with Gasteiger partial charge in [0.2, 0.25) is 0 Å². The first-order valence-corrected chi connectivity index (χ1v) is 6.49. The molecule has 2 rings (SSSR count). The van der Waals surface area contributed by atoms with Crippen molar-refractivity contribution in [3.05, 3.63) is 58.3 Å². The molecule has 1 heterocycles. The lowest BCUT2D eigenvalue weighted by molar-refractivity contribution is 0.393. The highest BCUT2D eigenvalue weighted by Gasteiger charge is 2.15. The maximum atomic E-state index is 11.7. The van der Waals surface area contributed by atoms with Crippen LogP contribution < -0.4 is 15.7 Å². The topological polar surface area (TPSA) is 56.2 Å². The summed E-state index contributed by atoms with van der Waals surface area (Å²) >= 11 is 0. The second kappa shape index (κ2) is 6.34. The van der Waals surface area contributed by atoms with Gasteiger partial charge in [0, 0.05) is 24.5 Å². The van der Waals surface area contributed by atoms with Crippen LogP contribution in [0.3, 0.4) is 0 Å². The van der Waals surface area contributed by atoms with Crippen LogP contribution in [0.4, 0.5) is 0 Å². The molecule has 0 aliphatic rings. The number of hydrogen-bond acceptors (Lipinski definition) is 4. The average molecular weight is 273 g/mol. The van der Waals surface area contributed by atoms with Gasteiger partial charge >= 0.3 is 5.69 Å². The zero-order chi connectivity index (χ0) is 14.5. The van der Waals surface area contributed by atoms with E-state index in [1.807, 2.05) is 26.1 Å². The Hall–Kier alpha value is -2.14. The number of nitrogens with zero attached hydrogens (tertiary/aromatic N) is 2. The monoisotopic (exact) mass is 273 g/mol. The summed E-state index contributed by atoms with van der Waals surface area (Å²) in [6.07, 6.45) is 3.24. The van der Waals surface area contributed by atoms with Gasteiger partial charge in [-0.05, 0) is 26.1 Å². The molecule has 1 unspecified atom stereocenters. The molecule has 0 saturated heterocycles. The Balaban J connectivity index is 2.36. The summed E-state index contributed by atoms with van der Waals surface area (Å²) in [7, 11) is 3.52. The number of benzene rings is 1. The second-order valence-corrected chi connectivity index (χ2v) is 4.64. The van der Waals surface area contributed by atoms with Crippen molar-refractivity contribution in [1.82, 2.24) is 14.9 Å². The second-order valence-electron chi connectivity index (χ2n) is 4.64. The number of rotatable bonds is 5. The van der Waals surface area contributed by atoms with Crippen molar-refractivity contribution in [2.45, 2.75) is 19.5 Å². The van der Waals surface area contributed by atoms with Crippen molar-refractivity contribution in [1.29, 1.82) is 0 Å². The van der Waals surface area contributed by atoms with Crippen LogP contribution in [0.15, 0.2) is 41.5 Å². The largest absolute Gasteiger partial charge is 0.496 e. The van der Waals surface area contributed by atoms with Crippen LogP contribution in [0, 0.1) is 6.92 Å². The number of likely N-dealkylation sites (N-methyl/N-ethyl adjacent to an activating group) is 1. The number of ether oxygens (including phenoxy) is 1. The number of nitrogens with one attached hydrogen (secondary N) is 1. The minimum atomic E-state index is -0.251. The summed E-state index contributed by atoms with van der Waals surface area (Å²) in [5.41, 5.74) is 1.93. The quantitative estimate of drug-likeness (QED) is 0.897. The first-order chi connectivity index (χ1) is 9.65. The van der Waals surface area contributed by atoms with Crippen LogP contribution in [0.25, 0.3) is 0 Å². The maximum absolute atomic E-state index is 11.7. The van der Waals surface area contributed by atoms with Gasteiger partial charge in [-0.1, -0.05) is 17.7 Å². The van der Waals surface area contributed by atoms with E-state index in [1.54, 1.807) is 23.9 Å². The van der Waals surface area contributed by atoms with Gasteiger partial charge in [-0.2, -0.15) is 0 Å². The lowest BCUT2D eigenvalue weighted by atomic mass is 10.0. The molecule has 0 bridgehead atoms. The van der Waals surface area contributed by atoms with Gasteiger partial charge in [0.05, 0.1) is 13.2 Å². The molecule has 0 aliphatic heterocycles. The molecule has 1 aromatic carbocycles. The third kappa shape index (κ3) is 3.05. The molecule has 20 heavy (non-hydrogen) atoms. The van der Waals surface area contributed by atoms with Crippen LogP contribution in [0.5, 0.6) is 5.75 Å². The molecule has 0 saturated carbocycles. The Morgan fingerprint density at radius 1 is 1.45 bits per heavy atom. The van der Waals surface area contributed by atoms with Gasteiger partial charge in [-0.15, -0.1) is 0 Å². The molecular formula is C15H19N3O2. The number of aromatic nitrogens is 2. The highest BCUT2D eigenvalue weighted by molar-refractivity contribution is 5.39. The minimum Gasteiger partial charge on any atom is -0.496 e. The van der Waals surface area contributed by atoms with Crippen molar-refractivity contribution in [3.8, 4) is 5.75 Å². The molecular weight excluding hydrogens is 254 g/mol. The highest BCUT2D eigenvalue weighted by atomic mass is 16.5. The van der Waals surface area contributed by atoms with Gasteiger partial charge in [0.15, 0.2) is 0 Å². The summed E-state index contributed by atoms with van der Waals surface area (Å²) in [6, 6.07) is 7.75. The highest BCUT2D eigenvalue weighted by Crippen LogP contribution is 2.26. The van der Waals surface area contributed by atoms with Gasteiger partial charge < -0.3 is 10.1 Å². The number of methoxy groups -OCH3 is 1. The van der Waals surface area contributed by atoms with Crippen LogP contribution >= 0.6 is 0 Å². The fourth-order valence-corrected chi connectivity index (χ4v) is 2.19. The van der Waals surface area contributed by atoms with Crippen LogP contribution in [-0.2, 0) is 6.54 Å². The normalized spacial score (nSPS) is 12.2. The molecule has 2 aromatic rings. The predicted octanol–water partition coefficient (Wildman–Crippen LogP) is 1.52. The molecule has 1 atom stereocenters. The van der Waals surface area contributed by atoms with Crippen molar-refractivity contribution >= 4 is 0 Å². The van der Waals surface area contributed by atoms with Crippen LogP contribution in [0.1, 0.15) is 17.2 Å². The first kappa shape index (κ1) is 14.3. The van der Waals surface area contributed by atoms with E-state index in [-0.39, 0.29) is 11.7 Å². The molecule has 5 heteroatoms. The van der Waals surface area contributed by atoms with Crippen LogP contribution in [-0.4, -0.2) is 23.7 Å². The molecule has 1 N–H and O–H groups in total. The SMILES string of the molecule is CNC(Cn1cccnc1=O)c1cc(C)ccc1OC. The molecule has 0 amide bonds. The zero-order valence-electron chi connectivity index (χ0n) is 12.0. The van der Waals surface area contributed by atoms with E-state index in [9.17, 15) is 4.79 Å². The van der Waals surface area contributed by atoms with Gasteiger partial charge in [0.25, 0.3) is 0 Å². The Labute approximate surface area is 118 Å². The maximum Gasteiger partial charge on any atom is 0.347 e. The molecule has 5 nitrogen and oxygen atoms in total. The average Bonchev–Trinajstić information content (AvgIpc) is 2.46. The lowest BCUT2D eigenvalue weighted by Gasteiger charge is -2.20. The summed E-state index contributed by atoms with van der Waals surface area (Å²) in [5, 5.41) is 3.23. The molecule has 0 fully saturated rings. The molecule has 1 aromatic heterocycles. The van der Waals surface area contributed by atoms with E-state index in [0.29, 0.717) is 6.54 Å². The van der Waals surface area contributed by atoms with Gasteiger partial charge in [-0.25, -0.2) is 9.78 Å². The predicted molar refractivity (Wildman–Crippen MR) is 78.0 cm³/mol. The molecule has 106 valence electrons. The molecule has 0 radical (unpaired) electrons. The fraction of sp³-hybridized carbons (Fsp3) is 0.333. The third-order valence-electron chi connectivity index (χ3n) is 3.27. The van der Waals surface area contributed by atoms with Crippen molar-refractivity contribution in [2.75, 3.05) is 14.2 Å². The van der Waals surface area contributed by atoms with Crippen molar-refractivity contribution < 1.29 is 4.74 Å². The Morgan fingerprint density at radius 2 is 2.25 bits per heavy atom. The summed E-state index contributed by atoms with van der Waals surface area (Å²) < 4.78 is 6.99. The van der Waals surface area contributed by atoms with Crippen molar-refractivity contribution in [2.24, 2.45) is 0 Å². The van der Waals surface area contributed by atoms with E-state index in [4.69, 9.17) is 4.74 Å². The van der Waals surface area contributed by atoms with E-state index in [0.717, 1.165) is 16.9 Å². The first-order valence-electron chi connectivity index (χ1n) is 6.49. The fourth-order valence-electron chi connectivity index (χ4n) is 2.19. The van der Waals surface area contributed by atoms with E-state index in [2.05, 4.69) is 16.4 Å². The zero-order valence-corrected chi connectivity index (χ0v) is 12.0. The summed E-state index contributed by atoms with van der Waals surface area (Å²) in [5.74, 6) is 0.812. The minimum absolute atomic E-state index is 0.0215. The van der Waals surface area contributed by atoms with Crippen LogP contribution in [0.2, 0.25) is 0 Å². The standard InChI is InChI=1S/C15H19N3O2/c1-11-5-6-14(20-3)12(9-11)13(16-2)10-18-8-4-7-17-15(18)19/h4-9,13,16H,10H2,1-3H3. The smallest absolute Gasteiger partial charge is 0.347 e. The van der Waals surface area contributed by atoms with Gasteiger partial charge in [0.1, 0.15) is 5.75 Å². The number of aryl methyl sites for hydroxylation is 1. The Bertz CT molecular complexity index is 637. The van der Waals surface area contributed by atoms with Gasteiger partial charge in [-0.3, -0.25) is 4.57 Å². The lowest BCUT2D eigenvalue weighted by Crippen LogP contribution is -2.29. The summed E-state index contributed by atoms with van der Waals surface area (Å²) in [6.45, 7) is 2.54. The molecule has 0 aliphatic carbocycles. The van der Waals surface area contributed by atoms with E-state index >= 15 is 0 Å². The van der Waals surface area contributed by atoms with E-state index in [1.165, 1.54) is 6.20 Å². The summed E-state index contributed by atoms with van der Waals surface area (Å²) in [4.78, 5) is 15.5. The van der Waals surface area contributed by atoms with E-state index < -0.39 is 0 Å². The van der Waals surface area contributed by atoms with Crippen molar-refractivity contribution in [3.63, 3.8) is 0 Å². The third-order valence-corrected chi connectivity index (χ3v) is 3.27. The molecule has 0 spiro atoms. The Kier molecular flexibility index (Phi) is 4.53.